The van der Waals surface area contributed by atoms with Crippen molar-refractivity contribution < 1.29 is 0 Å². The summed E-state index contributed by atoms with van der Waals surface area (Å²) in [5, 5.41) is 9.78. The van der Waals surface area contributed by atoms with Crippen LogP contribution in [0.1, 0.15) is 0 Å². The van der Waals surface area contributed by atoms with E-state index in [4.69, 9.17) is 15.0 Å². The lowest BCUT2D eigenvalue weighted by molar-refractivity contribution is 1.08. The standard InChI is InChI=1S/C51H31N3S/c1-4-15-32(16-5-1)35-21-14-22-37(29-35)50-52-49(34-19-8-3-9-20-34)53-51(54-50)44-31-43-39-24-11-10-23-38(39)42-30-36(33-17-6-2-7-18-33)27-28-40(42)46(43)48-47(44)41-25-12-13-26-45(41)55-48/h1-31H. The summed E-state index contributed by atoms with van der Waals surface area (Å²) in [7, 11) is 0. The number of fused-ring (bicyclic) bond motifs is 10. The second-order valence-corrected chi connectivity index (χ2v) is 15.0. The molecule has 11 aromatic rings. The van der Waals surface area contributed by atoms with Crippen LogP contribution in [-0.4, -0.2) is 15.0 Å². The van der Waals surface area contributed by atoms with Gasteiger partial charge in [-0.15, -0.1) is 11.3 Å². The Morgan fingerprint density at radius 1 is 0.291 bits per heavy atom. The molecule has 0 atom stereocenters. The molecule has 2 heterocycles. The van der Waals surface area contributed by atoms with Crippen LogP contribution in [0, 0.1) is 0 Å². The van der Waals surface area contributed by atoms with Crippen LogP contribution < -0.4 is 0 Å². The number of rotatable bonds is 5. The third-order valence-corrected chi connectivity index (χ3v) is 11.9. The third kappa shape index (κ3) is 5.30. The molecule has 0 fully saturated rings. The van der Waals surface area contributed by atoms with Crippen molar-refractivity contribution in [3.05, 3.63) is 188 Å². The van der Waals surface area contributed by atoms with Crippen LogP contribution in [0.5, 0.6) is 0 Å². The second kappa shape index (κ2) is 12.8. The van der Waals surface area contributed by atoms with E-state index >= 15 is 0 Å². The van der Waals surface area contributed by atoms with Gasteiger partial charge in [-0.25, -0.2) is 15.0 Å². The van der Waals surface area contributed by atoms with E-state index in [1.54, 1.807) is 0 Å². The van der Waals surface area contributed by atoms with E-state index in [1.165, 1.54) is 63.6 Å². The molecule has 3 nitrogen and oxygen atoms in total. The van der Waals surface area contributed by atoms with E-state index < -0.39 is 0 Å². The lowest BCUT2D eigenvalue weighted by Gasteiger charge is -2.15. The normalized spacial score (nSPS) is 11.6. The molecule has 0 N–H and O–H groups in total. The summed E-state index contributed by atoms with van der Waals surface area (Å²) in [6.45, 7) is 0. The summed E-state index contributed by atoms with van der Waals surface area (Å²) in [6, 6.07) is 66.7. The minimum Gasteiger partial charge on any atom is -0.208 e. The molecule has 0 aliphatic rings. The Hall–Kier alpha value is -7.01. The maximum atomic E-state index is 5.35. The van der Waals surface area contributed by atoms with Gasteiger partial charge in [0, 0.05) is 42.2 Å². The summed E-state index contributed by atoms with van der Waals surface area (Å²) in [5.41, 5.74) is 7.59. The Labute approximate surface area is 321 Å². The summed E-state index contributed by atoms with van der Waals surface area (Å²) >= 11 is 1.85. The SMILES string of the molecule is c1ccc(-c2cccc(-c3nc(-c4ccccc4)nc(-c4cc5c6ccccc6c6cc(-c7ccccc7)ccc6c5c5sc6ccccc6c45)n3)c2)cc1. The predicted octanol–water partition coefficient (Wildman–Crippen LogP) is 14.0. The minimum absolute atomic E-state index is 0.645. The maximum absolute atomic E-state index is 5.35. The Morgan fingerprint density at radius 2 is 0.818 bits per heavy atom. The van der Waals surface area contributed by atoms with Crippen molar-refractivity contribution >= 4 is 63.8 Å². The summed E-state index contributed by atoms with van der Waals surface area (Å²) in [6.07, 6.45) is 0. The van der Waals surface area contributed by atoms with Crippen LogP contribution in [0.25, 0.3) is 109 Å². The highest BCUT2D eigenvalue weighted by Gasteiger charge is 2.22. The molecule has 0 amide bonds. The third-order valence-electron chi connectivity index (χ3n) is 10.7. The van der Waals surface area contributed by atoms with Gasteiger partial charge in [0.1, 0.15) is 0 Å². The Kier molecular flexibility index (Phi) is 7.35. The topological polar surface area (TPSA) is 38.7 Å². The molecule has 4 heteroatoms. The molecule has 11 rings (SSSR count). The van der Waals surface area contributed by atoms with Crippen molar-refractivity contribution in [2.45, 2.75) is 0 Å². The first-order chi connectivity index (χ1) is 27.3. The van der Waals surface area contributed by atoms with Crippen LogP contribution in [0.4, 0.5) is 0 Å². The van der Waals surface area contributed by atoms with Crippen LogP contribution in [0.15, 0.2) is 188 Å². The highest BCUT2D eigenvalue weighted by atomic mass is 32.1. The van der Waals surface area contributed by atoms with Crippen LogP contribution >= 0.6 is 11.3 Å². The molecule has 0 aliphatic carbocycles. The van der Waals surface area contributed by atoms with Crippen LogP contribution in [0.3, 0.4) is 0 Å². The fraction of sp³-hybridized carbons (Fsp3) is 0. The van der Waals surface area contributed by atoms with E-state index in [-0.39, 0.29) is 0 Å². The zero-order valence-electron chi connectivity index (χ0n) is 29.6. The van der Waals surface area contributed by atoms with Crippen LogP contribution in [0.2, 0.25) is 0 Å². The van der Waals surface area contributed by atoms with E-state index in [0.717, 1.165) is 27.8 Å². The van der Waals surface area contributed by atoms with E-state index in [0.29, 0.717) is 17.5 Å². The molecule has 0 saturated heterocycles. The minimum atomic E-state index is 0.645. The molecule has 0 bridgehead atoms. The molecule has 0 aliphatic heterocycles. The molecule has 55 heavy (non-hydrogen) atoms. The number of aromatic nitrogens is 3. The molecule has 9 aromatic carbocycles. The lowest BCUT2D eigenvalue weighted by atomic mass is 9.89. The Bertz CT molecular complexity index is 3240. The smallest absolute Gasteiger partial charge is 0.164 e. The Morgan fingerprint density at radius 3 is 1.53 bits per heavy atom. The van der Waals surface area contributed by atoms with E-state index in [9.17, 15) is 0 Å². The van der Waals surface area contributed by atoms with Crippen molar-refractivity contribution in [1.82, 2.24) is 15.0 Å². The zero-order valence-corrected chi connectivity index (χ0v) is 30.5. The predicted molar refractivity (Wildman–Crippen MR) is 232 cm³/mol. The van der Waals surface area contributed by atoms with Gasteiger partial charge in [-0.2, -0.15) is 0 Å². The molecule has 0 saturated carbocycles. The number of hydrogen-bond donors (Lipinski definition) is 0. The van der Waals surface area contributed by atoms with Gasteiger partial charge in [0.05, 0.1) is 0 Å². The molecule has 0 radical (unpaired) electrons. The first kappa shape index (κ1) is 31.5. The highest BCUT2D eigenvalue weighted by Crippen LogP contribution is 2.48. The van der Waals surface area contributed by atoms with Gasteiger partial charge in [0.25, 0.3) is 0 Å². The van der Waals surface area contributed by atoms with Crippen molar-refractivity contribution in [3.63, 3.8) is 0 Å². The molecule has 2 aromatic heterocycles. The zero-order chi connectivity index (χ0) is 36.3. The van der Waals surface area contributed by atoms with Gasteiger partial charge in [-0.1, -0.05) is 164 Å². The number of thiophene rings is 1. The van der Waals surface area contributed by atoms with Crippen LogP contribution in [-0.2, 0) is 0 Å². The van der Waals surface area contributed by atoms with Crippen molar-refractivity contribution in [2.24, 2.45) is 0 Å². The number of benzene rings is 9. The van der Waals surface area contributed by atoms with Crippen molar-refractivity contribution in [1.29, 1.82) is 0 Å². The molecule has 0 spiro atoms. The lowest BCUT2D eigenvalue weighted by Crippen LogP contribution is -2.01. The molecule has 0 unspecified atom stereocenters. The van der Waals surface area contributed by atoms with Crippen molar-refractivity contribution in [3.8, 4) is 56.4 Å². The van der Waals surface area contributed by atoms with Gasteiger partial charge in [-0.3, -0.25) is 0 Å². The van der Waals surface area contributed by atoms with E-state index in [2.05, 4.69) is 164 Å². The fourth-order valence-corrected chi connectivity index (χ4v) is 9.40. The average Bonchev–Trinajstić information content (AvgIpc) is 3.66. The summed E-state index contributed by atoms with van der Waals surface area (Å²) in [4.78, 5) is 15.8. The molecule has 256 valence electrons. The largest absolute Gasteiger partial charge is 0.208 e. The number of nitrogens with zero attached hydrogens (tertiary/aromatic N) is 3. The van der Waals surface area contributed by atoms with Gasteiger partial charge >= 0.3 is 0 Å². The van der Waals surface area contributed by atoms with Gasteiger partial charge in [-0.05, 0) is 73.5 Å². The average molecular weight is 718 g/mol. The van der Waals surface area contributed by atoms with Gasteiger partial charge < -0.3 is 0 Å². The fourth-order valence-electron chi connectivity index (χ4n) is 8.11. The Balaban J connectivity index is 1.24. The number of hydrogen-bond acceptors (Lipinski definition) is 4. The van der Waals surface area contributed by atoms with Crippen molar-refractivity contribution in [2.75, 3.05) is 0 Å². The molecular formula is C51H31N3S. The first-order valence-corrected chi connectivity index (χ1v) is 19.3. The molecular weight excluding hydrogens is 687 g/mol. The quantitative estimate of drug-likeness (QED) is 0.166. The maximum Gasteiger partial charge on any atom is 0.164 e. The summed E-state index contributed by atoms with van der Waals surface area (Å²) in [5.74, 6) is 1.95. The van der Waals surface area contributed by atoms with Gasteiger partial charge in [0.2, 0.25) is 0 Å². The first-order valence-electron chi connectivity index (χ1n) is 18.5. The monoisotopic (exact) mass is 717 g/mol. The summed E-state index contributed by atoms with van der Waals surface area (Å²) < 4.78 is 2.48. The highest BCUT2D eigenvalue weighted by molar-refractivity contribution is 7.27. The second-order valence-electron chi connectivity index (χ2n) is 13.9. The van der Waals surface area contributed by atoms with E-state index in [1.807, 2.05) is 35.6 Å². The van der Waals surface area contributed by atoms with Gasteiger partial charge in [0.15, 0.2) is 17.5 Å².